The van der Waals surface area contributed by atoms with Crippen molar-refractivity contribution < 1.29 is 9.66 Å². The van der Waals surface area contributed by atoms with Crippen molar-refractivity contribution in [2.24, 2.45) is 5.10 Å². The van der Waals surface area contributed by atoms with Crippen LogP contribution in [-0.4, -0.2) is 28.0 Å². The second kappa shape index (κ2) is 7.78. The Morgan fingerprint density at radius 3 is 2.57 bits per heavy atom. The number of benzene rings is 2. The normalized spacial score (nSPS) is 11.0. The van der Waals surface area contributed by atoms with Crippen LogP contribution >= 0.6 is 0 Å². The Morgan fingerprint density at radius 2 is 1.93 bits per heavy atom. The van der Waals surface area contributed by atoms with Gasteiger partial charge in [-0.3, -0.25) is 25.4 Å². The van der Waals surface area contributed by atoms with Gasteiger partial charge in [0, 0.05) is 11.8 Å². The van der Waals surface area contributed by atoms with Crippen molar-refractivity contribution in [3.05, 3.63) is 79.8 Å². The third-order valence-electron chi connectivity index (χ3n) is 4.18. The molecule has 0 atom stereocenters. The summed E-state index contributed by atoms with van der Waals surface area (Å²) in [4.78, 5) is 23.0. The molecule has 0 bridgehead atoms. The highest BCUT2D eigenvalue weighted by molar-refractivity contribution is 5.81. The van der Waals surface area contributed by atoms with Crippen LogP contribution in [0.25, 0.3) is 5.69 Å². The Bertz CT molecular complexity index is 1100. The lowest BCUT2D eigenvalue weighted by atomic mass is 10.2. The van der Waals surface area contributed by atoms with E-state index < -0.39 is 4.92 Å². The highest BCUT2D eigenvalue weighted by Gasteiger charge is 2.12. The van der Waals surface area contributed by atoms with E-state index in [-0.39, 0.29) is 17.0 Å². The average molecular weight is 381 g/mol. The molecule has 0 saturated carbocycles. The van der Waals surface area contributed by atoms with Crippen LogP contribution in [0.3, 0.4) is 0 Å². The van der Waals surface area contributed by atoms with Crippen LogP contribution in [-0.2, 0) is 0 Å². The van der Waals surface area contributed by atoms with Gasteiger partial charge in [-0.05, 0) is 32.0 Å². The first-order valence-electron chi connectivity index (χ1n) is 8.41. The van der Waals surface area contributed by atoms with E-state index in [2.05, 4.69) is 15.6 Å². The number of aryl methyl sites for hydroxylation is 2. The van der Waals surface area contributed by atoms with E-state index in [1.807, 2.05) is 31.2 Å². The minimum Gasteiger partial charge on any atom is -0.494 e. The molecule has 1 heterocycles. The summed E-state index contributed by atoms with van der Waals surface area (Å²) in [5.41, 5.74) is 5.75. The maximum atomic E-state index is 12.7. The van der Waals surface area contributed by atoms with E-state index in [4.69, 9.17) is 4.74 Å². The molecule has 1 aromatic heterocycles. The summed E-state index contributed by atoms with van der Waals surface area (Å²) >= 11 is 0. The maximum absolute atomic E-state index is 12.7. The van der Waals surface area contributed by atoms with Crippen LogP contribution in [0.4, 0.5) is 11.4 Å². The molecule has 3 aromatic rings. The van der Waals surface area contributed by atoms with Gasteiger partial charge in [0.25, 0.3) is 11.2 Å². The number of ether oxygens (including phenoxy) is 1. The highest BCUT2D eigenvalue weighted by Crippen LogP contribution is 2.28. The van der Waals surface area contributed by atoms with Gasteiger partial charge in [-0.1, -0.05) is 17.7 Å². The number of hydrogen-bond donors (Lipinski definition) is 2. The van der Waals surface area contributed by atoms with Crippen molar-refractivity contribution in [1.82, 2.24) is 9.78 Å². The van der Waals surface area contributed by atoms with E-state index in [1.165, 1.54) is 36.2 Å². The molecular weight excluding hydrogens is 362 g/mol. The number of hydrazone groups is 1. The van der Waals surface area contributed by atoms with Crippen LogP contribution in [0, 0.1) is 24.0 Å². The van der Waals surface area contributed by atoms with Gasteiger partial charge >= 0.3 is 0 Å². The molecule has 0 aliphatic carbocycles. The quantitative estimate of drug-likeness (QED) is 0.387. The summed E-state index contributed by atoms with van der Waals surface area (Å²) in [6.07, 6.45) is 1.40. The zero-order valence-electron chi connectivity index (χ0n) is 15.6. The van der Waals surface area contributed by atoms with Crippen LogP contribution in [0.1, 0.15) is 16.8 Å². The fraction of sp³-hybridized carbons (Fsp3) is 0.158. The van der Waals surface area contributed by atoms with Crippen molar-refractivity contribution in [2.45, 2.75) is 13.8 Å². The molecule has 0 fully saturated rings. The number of non-ortho nitro benzene ring substituents is 1. The average Bonchev–Trinajstić information content (AvgIpc) is 2.96. The molecular formula is C19H19N5O4. The first kappa shape index (κ1) is 18.9. The number of rotatable bonds is 6. The second-order valence-electron chi connectivity index (χ2n) is 6.14. The summed E-state index contributed by atoms with van der Waals surface area (Å²) in [5, 5.41) is 18.0. The van der Waals surface area contributed by atoms with E-state index >= 15 is 0 Å². The van der Waals surface area contributed by atoms with E-state index in [0.717, 1.165) is 11.3 Å². The molecule has 0 aliphatic heterocycles. The predicted molar refractivity (Wildman–Crippen MR) is 107 cm³/mol. The molecule has 9 heteroatoms. The summed E-state index contributed by atoms with van der Waals surface area (Å²) in [6.45, 7) is 3.75. The van der Waals surface area contributed by atoms with Gasteiger partial charge in [0.05, 0.1) is 41.3 Å². The molecule has 28 heavy (non-hydrogen) atoms. The molecule has 0 amide bonds. The Balaban J connectivity index is 1.85. The number of methoxy groups -OCH3 is 1. The summed E-state index contributed by atoms with van der Waals surface area (Å²) in [6, 6.07) is 11.7. The number of nitrogens with one attached hydrogen (secondary N) is 2. The number of H-pyrrole nitrogens is 1. The van der Waals surface area contributed by atoms with Crippen molar-refractivity contribution in [3.8, 4) is 11.4 Å². The molecule has 3 rings (SSSR count). The fourth-order valence-electron chi connectivity index (χ4n) is 2.64. The van der Waals surface area contributed by atoms with Crippen LogP contribution in [0.5, 0.6) is 5.75 Å². The van der Waals surface area contributed by atoms with Gasteiger partial charge in [0.2, 0.25) is 0 Å². The second-order valence-corrected chi connectivity index (χ2v) is 6.14. The largest absolute Gasteiger partial charge is 0.494 e. The Labute approximate surface area is 160 Å². The minimum absolute atomic E-state index is 0.0890. The number of nitrogens with zero attached hydrogens (tertiary/aromatic N) is 3. The van der Waals surface area contributed by atoms with Crippen LogP contribution < -0.4 is 15.7 Å². The zero-order valence-corrected chi connectivity index (χ0v) is 15.6. The predicted octanol–water partition coefficient (Wildman–Crippen LogP) is 3.15. The van der Waals surface area contributed by atoms with Crippen molar-refractivity contribution >= 4 is 17.6 Å². The fourth-order valence-corrected chi connectivity index (χ4v) is 2.64. The van der Waals surface area contributed by atoms with Crippen LogP contribution in [0.2, 0.25) is 0 Å². The lowest BCUT2D eigenvalue weighted by Crippen LogP contribution is -2.17. The lowest BCUT2D eigenvalue weighted by Gasteiger charge is -2.06. The first-order chi connectivity index (χ1) is 13.4. The molecule has 0 unspecified atom stereocenters. The van der Waals surface area contributed by atoms with E-state index in [0.29, 0.717) is 16.9 Å². The van der Waals surface area contributed by atoms with Crippen LogP contribution in [0.15, 0.2) is 52.4 Å². The number of nitro benzene ring substituents is 1. The summed E-state index contributed by atoms with van der Waals surface area (Å²) in [5.74, 6) is 0.272. The SMILES string of the molecule is COc1cc([N+](=O)[O-])ccc1NN=Cc1c(C)[nH]n(-c2ccc(C)cc2)c1=O. The standard InChI is InChI=1S/C19H19N5O4/c1-12-4-6-14(7-5-12)23-19(25)16(13(2)22-23)11-20-21-17-9-8-15(24(26)27)10-18(17)28-3/h4-11,21-22H,1-3H3. The lowest BCUT2D eigenvalue weighted by molar-refractivity contribution is -0.384. The van der Waals surface area contributed by atoms with Crippen molar-refractivity contribution in [1.29, 1.82) is 0 Å². The third-order valence-corrected chi connectivity index (χ3v) is 4.18. The Morgan fingerprint density at radius 1 is 1.21 bits per heavy atom. The van der Waals surface area contributed by atoms with Crippen molar-refractivity contribution in [3.63, 3.8) is 0 Å². The zero-order chi connectivity index (χ0) is 20.3. The van der Waals surface area contributed by atoms with Gasteiger partial charge in [-0.25, -0.2) is 4.68 Å². The van der Waals surface area contributed by atoms with Gasteiger partial charge < -0.3 is 4.74 Å². The number of nitro groups is 1. The monoisotopic (exact) mass is 381 g/mol. The molecule has 0 aliphatic rings. The minimum atomic E-state index is -0.508. The number of aromatic nitrogens is 2. The van der Waals surface area contributed by atoms with Gasteiger partial charge in [-0.2, -0.15) is 5.10 Å². The van der Waals surface area contributed by atoms with Gasteiger partial charge in [-0.15, -0.1) is 0 Å². The van der Waals surface area contributed by atoms with Gasteiger partial charge in [0.15, 0.2) is 5.75 Å². The maximum Gasteiger partial charge on any atom is 0.280 e. The third kappa shape index (κ3) is 3.78. The molecule has 9 nitrogen and oxygen atoms in total. The Kier molecular flexibility index (Phi) is 5.25. The molecule has 144 valence electrons. The summed E-state index contributed by atoms with van der Waals surface area (Å²) in [7, 11) is 1.41. The number of aromatic amines is 1. The van der Waals surface area contributed by atoms with Crippen molar-refractivity contribution in [2.75, 3.05) is 12.5 Å². The molecule has 0 spiro atoms. The number of anilines is 1. The molecule has 0 radical (unpaired) electrons. The van der Waals surface area contributed by atoms with Gasteiger partial charge in [0.1, 0.15) is 0 Å². The van der Waals surface area contributed by atoms with E-state index in [9.17, 15) is 14.9 Å². The smallest absolute Gasteiger partial charge is 0.280 e. The Hall–Kier alpha value is -3.88. The topological polar surface area (TPSA) is 115 Å². The highest BCUT2D eigenvalue weighted by atomic mass is 16.6. The summed E-state index contributed by atoms with van der Waals surface area (Å²) < 4.78 is 6.59. The number of hydrogen-bond acceptors (Lipinski definition) is 6. The molecule has 2 aromatic carbocycles. The molecule has 2 N–H and O–H groups in total. The molecule has 0 saturated heterocycles. The first-order valence-corrected chi connectivity index (χ1v) is 8.41. The van der Waals surface area contributed by atoms with E-state index in [1.54, 1.807) is 6.92 Å².